The first-order chi connectivity index (χ1) is 8.69. The number of rotatable bonds is 2. The minimum Gasteiger partial charge on any atom is -0.394 e. The molecule has 6 N–H and O–H groups in total. The Morgan fingerprint density at radius 1 is 1.58 bits per heavy atom. The molecule has 1 fully saturated rings. The lowest BCUT2D eigenvalue weighted by Crippen LogP contribution is -2.63. The number of nitrogens with one attached hydrogen (secondary N) is 1. The standard InChI is InChI=1S/C11H19N3O5/c1-10(12)3-4-14(9(17)13-10)8-11(2,18)7(16)6(5-15)19-8/h3-4,6-8,15-16,18H,5,12H2,1-2H3,(H,13,17)/t6-,7-,8-,10?,11-/m1/s1. The molecule has 2 amide bonds. The van der Waals surface area contributed by atoms with E-state index in [1.54, 1.807) is 6.92 Å². The predicted molar refractivity (Wildman–Crippen MR) is 64.5 cm³/mol. The molecule has 2 rings (SSSR count). The fourth-order valence-corrected chi connectivity index (χ4v) is 2.21. The van der Waals surface area contributed by atoms with Gasteiger partial charge in [0.05, 0.1) is 6.61 Å². The van der Waals surface area contributed by atoms with E-state index >= 15 is 0 Å². The van der Waals surface area contributed by atoms with E-state index < -0.39 is 42.3 Å². The van der Waals surface area contributed by atoms with Gasteiger partial charge >= 0.3 is 6.03 Å². The second-order valence-corrected chi connectivity index (χ2v) is 5.32. The second-order valence-electron chi connectivity index (χ2n) is 5.32. The van der Waals surface area contributed by atoms with E-state index in [1.807, 2.05) is 0 Å². The van der Waals surface area contributed by atoms with Crippen LogP contribution in [-0.4, -0.2) is 62.6 Å². The van der Waals surface area contributed by atoms with E-state index in [0.717, 1.165) is 4.90 Å². The third-order valence-corrected chi connectivity index (χ3v) is 3.38. The molecule has 8 heteroatoms. The quantitative estimate of drug-likeness (QED) is 0.397. The number of amides is 2. The van der Waals surface area contributed by atoms with Gasteiger partial charge in [-0.3, -0.25) is 4.90 Å². The normalized spacial score (nSPS) is 46.5. The Bertz CT molecular complexity index is 409. The number of aliphatic hydroxyl groups is 3. The Morgan fingerprint density at radius 3 is 2.68 bits per heavy atom. The van der Waals surface area contributed by atoms with Crippen LogP contribution in [0.3, 0.4) is 0 Å². The van der Waals surface area contributed by atoms with Crippen molar-refractivity contribution in [1.82, 2.24) is 10.2 Å². The Kier molecular flexibility index (Phi) is 3.31. The summed E-state index contributed by atoms with van der Waals surface area (Å²) in [4.78, 5) is 13.0. The van der Waals surface area contributed by atoms with E-state index in [1.165, 1.54) is 19.2 Å². The third-order valence-electron chi connectivity index (χ3n) is 3.38. The summed E-state index contributed by atoms with van der Waals surface area (Å²) < 4.78 is 5.34. The summed E-state index contributed by atoms with van der Waals surface area (Å²) in [5.41, 5.74) is 3.06. The molecular weight excluding hydrogens is 254 g/mol. The molecule has 1 unspecified atom stereocenters. The van der Waals surface area contributed by atoms with E-state index in [9.17, 15) is 15.0 Å². The number of carbonyl (C=O) groups excluding carboxylic acids is 1. The van der Waals surface area contributed by atoms with Crippen LogP contribution in [-0.2, 0) is 4.74 Å². The van der Waals surface area contributed by atoms with Crippen LogP contribution in [0.4, 0.5) is 4.79 Å². The molecule has 0 aliphatic carbocycles. The molecule has 0 bridgehead atoms. The number of nitrogens with zero attached hydrogens (tertiary/aromatic N) is 1. The Labute approximate surface area is 110 Å². The van der Waals surface area contributed by atoms with Gasteiger partial charge in [0.25, 0.3) is 0 Å². The van der Waals surface area contributed by atoms with Crippen LogP contribution in [0.2, 0.25) is 0 Å². The van der Waals surface area contributed by atoms with Crippen LogP contribution >= 0.6 is 0 Å². The first kappa shape index (κ1) is 14.2. The lowest BCUT2D eigenvalue weighted by atomic mass is 9.96. The van der Waals surface area contributed by atoms with Crippen molar-refractivity contribution >= 4 is 6.03 Å². The highest BCUT2D eigenvalue weighted by molar-refractivity contribution is 5.78. The van der Waals surface area contributed by atoms with Gasteiger partial charge in [-0.05, 0) is 19.9 Å². The lowest BCUT2D eigenvalue weighted by molar-refractivity contribution is -0.107. The highest BCUT2D eigenvalue weighted by Crippen LogP contribution is 2.34. The van der Waals surface area contributed by atoms with Gasteiger partial charge in [0, 0.05) is 6.20 Å². The van der Waals surface area contributed by atoms with Crippen LogP contribution < -0.4 is 11.1 Å². The largest absolute Gasteiger partial charge is 0.394 e. The molecule has 0 spiro atoms. The SMILES string of the molecule is CC1(N)C=CN([C@@H]2O[C@H](CO)[C@@H](O)[C@@]2(C)O)C(=O)N1. The Balaban J connectivity index is 2.25. The molecule has 0 aromatic rings. The highest BCUT2D eigenvalue weighted by atomic mass is 16.6. The smallest absolute Gasteiger partial charge is 0.325 e. The Morgan fingerprint density at radius 2 is 2.21 bits per heavy atom. The van der Waals surface area contributed by atoms with Gasteiger partial charge in [0.2, 0.25) is 0 Å². The fourth-order valence-electron chi connectivity index (χ4n) is 2.21. The summed E-state index contributed by atoms with van der Waals surface area (Å²) in [5.74, 6) is 0. The number of aliphatic hydroxyl groups excluding tert-OH is 2. The Hall–Kier alpha value is -1.19. The first-order valence-corrected chi connectivity index (χ1v) is 5.94. The van der Waals surface area contributed by atoms with E-state index in [4.69, 9.17) is 15.6 Å². The van der Waals surface area contributed by atoms with Gasteiger partial charge in [-0.1, -0.05) is 0 Å². The molecule has 0 radical (unpaired) electrons. The monoisotopic (exact) mass is 273 g/mol. The van der Waals surface area contributed by atoms with Gasteiger partial charge in [0.15, 0.2) is 6.23 Å². The average molecular weight is 273 g/mol. The van der Waals surface area contributed by atoms with Crippen LogP contribution in [0.5, 0.6) is 0 Å². The zero-order valence-corrected chi connectivity index (χ0v) is 10.8. The number of hydrogen-bond donors (Lipinski definition) is 5. The first-order valence-electron chi connectivity index (χ1n) is 5.94. The molecule has 2 aliphatic heterocycles. The number of hydrogen-bond acceptors (Lipinski definition) is 6. The molecule has 5 atom stereocenters. The summed E-state index contributed by atoms with van der Waals surface area (Å²) in [5, 5.41) is 31.7. The summed E-state index contributed by atoms with van der Waals surface area (Å²) in [6.07, 6.45) is -0.425. The molecule has 0 aromatic heterocycles. The van der Waals surface area contributed by atoms with Gasteiger partial charge in [-0.2, -0.15) is 0 Å². The highest BCUT2D eigenvalue weighted by Gasteiger charge is 2.55. The van der Waals surface area contributed by atoms with Crippen molar-refractivity contribution in [3.63, 3.8) is 0 Å². The van der Waals surface area contributed by atoms with E-state index in [2.05, 4.69) is 5.32 Å². The van der Waals surface area contributed by atoms with Crippen molar-refractivity contribution in [2.45, 2.75) is 43.5 Å². The molecule has 2 aliphatic rings. The zero-order chi connectivity index (χ0) is 14.4. The van der Waals surface area contributed by atoms with Crippen LogP contribution in [0.1, 0.15) is 13.8 Å². The second kappa shape index (κ2) is 4.43. The van der Waals surface area contributed by atoms with Crippen molar-refractivity contribution in [2.75, 3.05) is 6.61 Å². The molecule has 2 heterocycles. The minimum atomic E-state index is -1.70. The van der Waals surface area contributed by atoms with E-state index in [0.29, 0.717) is 0 Å². The van der Waals surface area contributed by atoms with Crippen LogP contribution in [0.25, 0.3) is 0 Å². The van der Waals surface area contributed by atoms with Gasteiger partial charge in [-0.25, -0.2) is 4.79 Å². The molecule has 0 aromatic carbocycles. The van der Waals surface area contributed by atoms with Crippen molar-refractivity contribution < 1.29 is 24.9 Å². The number of carbonyl (C=O) groups is 1. The van der Waals surface area contributed by atoms with Crippen molar-refractivity contribution in [1.29, 1.82) is 0 Å². The summed E-state index contributed by atoms with van der Waals surface area (Å²) in [7, 11) is 0. The molecular formula is C11H19N3O5. The predicted octanol–water partition coefficient (Wildman–Crippen LogP) is -1.97. The van der Waals surface area contributed by atoms with Gasteiger partial charge in [-0.15, -0.1) is 0 Å². The molecule has 0 saturated carbocycles. The molecule has 8 nitrogen and oxygen atoms in total. The fraction of sp³-hybridized carbons (Fsp3) is 0.727. The summed E-state index contributed by atoms with van der Waals surface area (Å²) in [6, 6.07) is -0.552. The minimum absolute atomic E-state index is 0.457. The topological polar surface area (TPSA) is 128 Å². The maximum Gasteiger partial charge on any atom is 0.325 e. The van der Waals surface area contributed by atoms with Crippen molar-refractivity contribution in [2.24, 2.45) is 5.73 Å². The van der Waals surface area contributed by atoms with Gasteiger partial charge < -0.3 is 31.1 Å². The van der Waals surface area contributed by atoms with Gasteiger partial charge in [0.1, 0.15) is 23.5 Å². The van der Waals surface area contributed by atoms with Crippen LogP contribution in [0.15, 0.2) is 12.3 Å². The maximum atomic E-state index is 11.9. The molecule has 108 valence electrons. The van der Waals surface area contributed by atoms with Crippen molar-refractivity contribution in [3.05, 3.63) is 12.3 Å². The summed E-state index contributed by atoms with van der Waals surface area (Å²) in [6.45, 7) is 2.49. The van der Waals surface area contributed by atoms with E-state index in [-0.39, 0.29) is 0 Å². The number of ether oxygens (including phenoxy) is 1. The lowest BCUT2D eigenvalue weighted by Gasteiger charge is -2.38. The van der Waals surface area contributed by atoms with Crippen molar-refractivity contribution in [3.8, 4) is 0 Å². The maximum absolute atomic E-state index is 11.9. The van der Waals surface area contributed by atoms with Crippen LogP contribution in [0, 0.1) is 0 Å². The third kappa shape index (κ3) is 2.33. The number of nitrogens with two attached hydrogens (primary N) is 1. The zero-order valence-electron chi connectivity index (χ0n) is 10.8. The molecule has 19 heavy (non-hydrogen) atoms. The number of urea groups is 1. The summed E-state index contributed by atoms with van der Waals surface area (Å²) >= 11 is 0. The average Bonchev–Trinajstić information content (AvgIpc) is 2.51. The molecule has 1 saturated heterocycles.